The van der Waals surface area contributed by atoms with Gasteiger partial charge in [0.1, 0.15) is 0 Å². The molecule has 1 N–H and O–H groups in total. The topological polar surface area (TPSA) is 101 Å². The maximum absolute atomic E-state index is 11.6. The maximum Gasteiger partial charge on any atom is 0.322 e. The number of hydrazone groups is 1. The minimum absolute atomic E-state index is 0.385. The molecule has 8 nitrogen and oxygen atoms in total. The molecule has 4 aromatic rings. The molecule has 7 rings (SSSR count). The number of hydrogen-bond donors (Lipinski definition) is 1. The molecule has 1 fully saturated rings. The Hall–Kier alpha value is -4.72. The fourth-order valence-corrected chi connectivity index (χ4v) is 4.74. The lowest BCUT2D eigenvalue weighted by atomic mass is 9.93. The van der Waals surface area contributed by atoms with Crippen molar-refractivity contribution < 1.29 is 19.2 Å². The summed E-state index contributed by atoms with van der Waals surface area (Å²) in [5.74, 6) is 0.904. The van der Waals surface area contributed by atoms with Gasteiger partial charge in [0, 0.05) is 11.1 Å². The van der Waals surface area contributed by atoms with Crippen molar-refractivity contribution in [2.24, 2.45) is 10.1 Å². The number of hydrogen-bond acceptors (Lipinski definition) is 7. The predicted molar refractivity (Wildman–Crippen MR) is 133 cm³/mol. The second-order valence-corrected chi connectivity index (χ2v) is 9.18. The van der Waals surface area contributed by atoms with Crippen molar-refractivity contribution >= 4 is 23.7 Å². The molecule has 0 unspecified atom stereocenters. The Labute approximate surface area is 206 Å². The van der Waals surface area contributed by atoms with Gasteiger partial charge in [-0.2, -0.15) is 4.99 Å². The van der Waals surface area contributed by atoms with E-state index in [1.165, 1.54) is 0 Å². The van der Waals surface area contributed by atoms with Crippen LogP contribution in [-0.4, -0.2) is 33.2 Å². The molecule has 36 heavy (non-hydrogen) atoms. The number of amidine groups is 1. The van der Waals surface area contributed by atoms with Gasteiger partial charge in [0.15, 0.2) is 5.76 Å². The molecular weight excluding hydrogens is 456 g/mol. The highest BCUT2D eigenvalue weighted by Gasteiger charge is 2.51. The van der Waals surface area contributed by atoms with Crippen molar-refractivity contribution in [3.63, 3.8) is 0 Å². The van der Waals surface area contributed by atoms with Crippen LogP contribution in [0.1, 0.15) is 29.5 Å². The van der Waals surface area contributed by atoms with E-state index in [1.807, 2.05) is 78.9 Å². The van der Waals surface area contributed by atoms with Crippen molar-refractivity contribution in [2.75, 3.05) is 0 Å². The monoisotopic (exact) mass is 476 g/mol. The SMILES string of the molecule is O=C(O)C1(c2ccc(-c3ccc(-c4onc5c4CN4N=C(c6ccccc6)OC4=N5)cc3)cc2)CC1. The average Bonchev–Trinajstić information content (AvgIpc) is 3.49. The van der Waals surface area contributed by atoms with Crippen molar-refractivity contribution in [3.8, 4) is 22.5 Å². The quantitative estimate of drug-likeness (QED) is 0.418. The van der Waals surface area contributed by atoms with Gasteiger partial charge >= 0.3 is 12.0 Å². The van der Waals surface area contributed by atoms with Gasteiger partial charge in [0.2, 0.25) is 11.7 Å². The Morgan fingerprint density at radius 3 is 2.19 bits per heavy atom. The van der Waals surface area contributed by atoms with E-state index in [0.717, 1.165) is 33.4 Å². The molecular formula is C28H20N4O4. The zero-order chi connectivity index (χ0) is 24.3. The number of carboxylic acid groups (broad SMARTS) is 1. The molecule has 1 aromatic heterocycles. The third kappa shape index (κ3) is 3.22. The first-order chi connectivity index (χ1) is 17.6. The second-order valence-electron chi connectivity index (χ2n) is 9.18. The van der Waals surface area contributed by atoms with Crippen molar-refractivity contribution in [1.29, 1.82) is 0 Å². The van der Waals surface area contributed by atoms with Gasteiger partial charge in [-0.15, -0.1) is 5.10 Å². The molecule has 3 aromatic carbocycles. The number of benzene rings is 3. The first-order valence-electron chi connectivity index (χ1n) is 11.7. The summed E-state index contributed by atoms with van der Waals surface area (Å²) in [5.41, 5.74) is 4.85. The lowest BCUT2D eigenvalue weighted by Crippen LogP contribution is -2.24. The molecule has 8 heteroatoms. The summed E-state index contributed by atoms with van der Waals surface area (Å²) in [5, 5.41) is 20.0. The van der Waals surface area contributed by atoms with E-state index in [0.29, 0.717) is 42.9 Å². The van der Waals surface area contributed by atoms with Crippen LogP contribution in [0.5, 0.6) is 0 Å². The van der Waals surface area contributed by atoms with Crippen molar-refractivity contribution in [1.82, 2.24) is 10.2 Å². The Bertz CT molecular complexity index is 1550. The van der Waals surface area contributed by atoms with E-state index >= 15 is 0 Å². The normalized spacial score (nSPS) is 16.9. The number of rotatable bonds is 5. The molecule has 0 radical (unpaired) electrons. The zero-order valence-corrected chi connectivity index (χ0v) is 19.1. The minimum Gasteiger partial charge on any atom is -0.481 e. The third-order valence-electron chi connectivity index (χ3n) is 7.00. The molecule has 1 saturated carbocycles. The summed E-state index contributed by atoms with van der Waals surface area (Å²) >= 11 is 0. The summed E-state index contributed by atoms with van der Waals surface area (Å²) in [6, 6.07) is 25.9. The Kier molecular flexibility index (Phi) is 4.38. The van der Waals surface area contributed by atoms with Gasteiger partial charge in [-0.25, -0.2) is 5.01 Å². The van der Waals surface area contributed by atoms with Crippen molar-refractivity contribution in [2.45, 2.75) is 24.8 Å². The largest absolute Gasteiger partial charge is 0.481 e. The van der Waals surface area contributed by atoms with Crippen LogP contribution in [0.25, 0.3) is 22.5 Å². The zero-order valence-electron chi connectivity index (χ0n) is 19.1. The molecule has 3 heterocycles. The average molecular weight is 476 g/mol. The number of fused-ring (bicyclic) bond motifs is 2. The van der Waals surface area contributed by atoms with Crippen LogP contribution in [-0.2, 0) is 21.5 Å². The van der Waals surface area contributed by atoms with Crippen LogP contribution in [0, 0.1) is 0 Å². The summed E-state index contributed by atoms with van der Waals surface area (Å²) in [4.78, 5) is 16.1. The standard InChI is InChI=1S/C28H20N4O4/c33-26(34)28(14-15-28)21-12-10-18(11-13-21)17-6-8-19(9-7-17)23-22-16-32-27(29-24(22)31-36-23)35-25(30-32)20-4-2-1-3-5-20/h1-13H,14-16H2,(H,33,34). The van der Waals surface area contributed by atoms with E-state index in [9.17, 15) is 9.90 Å². The summed E-state index contributed by atoms with van der Waals surface area (Å²) in [6.07, 6.45) is 1.40. The lowest BCUT2D eigenvalue weighted by molar-refractivity contribution is -0.140. The van der Waals surface area contributed by atoms with E-state index in [-0.39, 0.29) is 0 Å². The van der Waals surface area contributed by atoms with Gasteiger partial charge in [0.25, 0.3) is 0 Å². The lowest BCUT2D eigenvalue weighted by Gasteiger charge is -2.16. The van der Waals surface area contributed by atoms with E-state index in [2.05, 4.69) is 15.3 Å². The van der Waals surface area contributed by atoms with E-state index < -0.39 is 11.4 Å². The van der Waals surface area contributed by atoms with Crippen LogP contribution in [0.4, 0.5) is 5.82 Å². The Morgan fingerprint density at radius 1 is 0.861 bits per heavy atom. The summed E-state index contributed by atoms with van der Waals surface area (Å²) in [7, 11) is 0. The number of aromatic nitrogens is 1. The molecule has 176 valence electrons. The number of ether oxygens (including phenoxy) is 1. The number of nitrogens with zero attached hydrogens (tertiary/aromatic N) is 4. The van der Waals surface area contributed by atoms with Gasteiger partial charge in [-0.3, -0.25) is 4.79 Å². The maximum atomic E-state index is 11.6. The number of aliphatic imine (C=N–C) groups is 1. The number of carboxylic acids is 1. The smallest absolute Gasteiger partial charge is 0.322 e. The van der Waals surface area contributed by atoms with Crippen LogP contribution in [0.3, 0.4) is 0 Å². The highest BCUT2D eigenvalue weighted by Crippen LogP contribution is 2.48. The molecule has 3 aliphatic rings. The summed E-state index contributed by atoms with van der Waals surface area (Å²) in [6.45, 7) is 0.442. The van der Waals surface area contributed by atoms with Gasteiger partial charge in [-0.1, -0.05) is 71.9 Å². The van der Waals surface area contributed by atoms with Gasteiger partial charge in [-0.05, 0) is 41.7 Å². The molecule has 2 aliphatic heterocycles. The molecule has 0 atom stereocenters. The van der Waals surface area contributed by atoms with Gasteiger partial charge in [0.05, 0.1) is 17.5 Å². The molecule has 0 amide bonds. The van der Waals surface area contributed by atoms with Crippen LogP contribution < -0.4 is 0 Å². The molecule has 0 saturated heterocycles. The fourth-order valence-electron chi connectivity index (χ4n) is 4.74. The first-order valence-corrected chi connectivity index (χ1v) is 11.7. The highest BCUT2D eigenvalue weighted by molar-refractivity contribution is 6.05. The number of aliphatic carboxylic acids is 1. The Morgan fingerprint density at radius 2 is 1.53 bits per heavy atom. The second kappa shape index (κ2) is 7.64. The number of carbonyl (C=O) groups is 1. The summed E-state index contributed by atoms with van der Waals surface area (Å²) < 4.78 is 11.5. The Balaban J connectivity index is 1.13. The minimum atomic E-state index is -0.742. The van der Waals surface area contributed by atoms with Crippen molar-refractivity contribution in [3.05, 3.63) is 95.6 Å². The predicted octanol–water partition coefficient (Wildman–Crippen LogP) is 5.32. The first kappa shape index (κ1) is 20.6. The van der Waals surface area contributed by atoms with Gasteiger partial charge < -0.3 is 14.4 Å². The highest BCUT2D eigenvalue weighted by atomic mass is 16.5. The van der Waals surface area contributed by atoms with E-state index in [1.54, 1.807) is 5.01 Å². The molecule has 1 aliphatic carbocycles. The third-order valence-corrected chi connectivity index (χ3v) is 7.00. The molecule has 0 spiro atoms. The van der Waals surface area contributed by atoms with Crippen LogP contribution in [0.2, 0.25) is 0 Å². The van der Waals surface area contributed by atoms with E-state index in [4.69, 9.17) is 9.26 Å². The van der Waals surface area contributed by atoms with Crippen LogP contribution >= 0.6 is 0 Å². The molecule has 0 bridgehead atoms. The van der Waals surface area contributed by atoms with Crippen LogP contribution in [0.15, 0.2) is 93.5 Å². The fraction of sp³-hybridized carbons (Fsp3) is 0.143.